The fourth-order valence-corrected chi connectivity index (χ4v) is 2.01. The third-order valence-electron chi connectivity index (χ3n) is 2.35. The Hall–Kier alpha value is -1.82. The molecule has 0 fully saturated rings. The van der Waals surface area contributed by atoms with Gasteiger partial charge in [0.1, 0.15) is 5.82 Å². The summed E-state index contributed by atoms with van der Waals surface area (Å²) in [6, 6.07) is 5.62. The average Bonchev–Trinajstić information content (AvgIpc) is 2.38. The van der Waals surface area contributed by atoms with Crippen LogP contribution in [0.1, 0.15) is 5.56 Å². The SMILES string of the molecule is COc1ncccc1CNc1ncc(N)cc1Br. The largest absolute Gasteiger partial charge is 0.481 e. The van der Waals surface area contributed by atoms with Gasteiger partial charge in [0, 0.05) is 18.3 Å². The molecule has 0 aliphatic rings. The number of nitrogen functional groups attached to an aromatic ring is 1. The molecular formula is C12H13BrN4O. The van der Waals surface area contributed by atoms with Crippen molar-refractivity contribution in [3.63, 3.8) is 0 Å². The highest BCUT2D eigenvalue weighted by molar-refractivity contribution is 9.10. The van der Waals surface area contributed by atoms with E-state index >= 15 is 0 Å². The summed E-state index contributed by atoms with van der Waals surface area (Å²) in [6.07, 6.45) is 3.30. The van der Waals surface area contributed by atoms with Gasteiger partial charge in [0.2, 0.25) is 5.88 Å². The highest BCUT2D eigenvalue weighted by atomic mass is 79.9. The van der Waals surface area contributed by atoms with E-state index in [9.17, 15) is 0 Å². The van der Waals surface area contributed by atoms with Crippen LogP contribution in [0.4, 0.5) is 11.5 Å². The van der Waals surface area contributed by atoms with Gasteiger partial charge in [-0.1, -0.05) is 6.07 Å². The maximum atomic E-state index is 5.63. The van der Waals surface area contributed by atoms with E-state index in [1.807, 2.05) is 12.1 Å². The highest BCUT2D eigenvalue weighted by Crippen LogP contribution is 2.23. The van der Waals surface area contributed by atoms with Crippen molar-refractivity contribution in [2.45, 2.75) is 6.54 Å². The van der Waals surface area contributed by atoms with E-state index in [1.165, 1.54) is 0 Å². The number of ether oxygens (including phenoxy) is 1. The molecular weight excluding hydrogens is 296 g/mol. The van der Waals surface area contributed by atoms with Crippen LogP contribution in [0, 0.1) is 0 Å². The number of nitrogens with zero attached hydrogens (tertiary/aromatic N) is 2. The minimum Gasteiger partial charge on any atom is -0.481 e. The van der Waals surface area contributed by atoms with Crippen molar-refractivity contribution < 1.29 is 4.74 Å². The van der Waals surface area contributed by atoms with Crippen LogP contribution in [0.25, 0.3) is 0 Å². The van der Waals surface area contributed by atoms with Gasteiger partial charge >= 0.3 is 0 Å². The van der Waals surface area contributed by atoms with Gasteiger partial charge in [0.25, 0.3) is 0 Å². The van der Waals surface area contributed by atoms with E-state index in [4.69, 9.17) is 10.5 Å². The van der Waals surface area contributed by atoms with Crippen LogP contribution in [0.5, 0.6) is 5.88 Å². The van der Waals surface area contributed by atoms with Crippen LogP contribution < -0.4 is 15.8 Å². The first-order valence-electron chi connectivity index (χ1n) is 5.33. The fourth-order valence-electron chi connectivity index (χ4n) is 1.50. The van der Waals surface area contributed by atoms with Gasteiger partial charge in [-0.05, 0) is 28.1 Å². The molecule has 0 radical (unpaired) electrons. The molecule has 0 bridgehead atoms. The number of anilines is 2. The van der Waals surface area contributed by atoms with E-state index in [0.717, 1.165) is 15.9 Å². The standard InChI is InChI=1S/C12H13BrN4O/c1-18-12-8(3-2-4-15-12)6-16-11-10(13)5-9(14)7-17-11/h2-5,7H,6,14H2,1H3,(H,16,17). The summed E-state index contributed by atoms with van der Waals surface area (Å²) < 4.78 is 6.00. The number of halogens is 1. The number of methoxy groups -OCH3 is 1. The molecule has 94 valence electrons. The third-order valence-corrected chi connectivity index (χ3v) is 2.96. The van der Waals surface area contributed by atoms with Crippen molar-refractivity contribution in [3.8, 4) is 5.88 Å². The molecule has 0 aliphatic heterocycles. The summed E-state index contributed by atoms with van der Waals surface area (Å²) in [5.41, 5.74) is 7.21. The van der Waals surface area contributed by atoms with Gasteiger partial charge < -0.3 is 15.8 Å². The molecule has 6 heteroatoms. The normalized spacial score (nSPS) is 10.1. The predicted molar refractivity (Wildman–Crippen MR) is 74.5 cm³/mol. The van der Waals surface area contributed by atoms with Crippen LogP contribution in [0.15, 0.2) is 35.1 Å². The van der Waals surface area contributed by atoms with E-state index in [-0.39, 0.29) is 0 Å². The first-order valence-corrected chi connectivity index (χ1v) is 6.13. The Morgan fingerprint density at radius 3 is 3.00 bits per heavy atom. The molecule has 0 unspecified atom stereocenters. The number of hydrogen-bond donors (Lipinski definition) is 2. The molecule has 2 rings (SSSR count). The first kappa shape index (κ1) is 12.6. The summed E-state index contributed by atoms with van der Waals surface area (Å²) in [5.74, 6) is 1.34. The van der Waals surface area contributed by atoms with Crippen molar-refractivity contribution in [2.24, 2.45) is 0 Å². The van der Waals surface area contributed by atoms with Gasteiger partial charge in [-0.2, -0.15) is 0 Å². The Kier molecular flexibility index (Phi) is 3.99. The zero-order valence-electron chi connectivity index (χ0n) is 9.85. The third kappa shape index (κ3) is 2.89. The van der Waals surface area contributed by atoms with Gasteiger partial charge in [-0.15, -0.1) is 0 Å². The topological polar surface area (TPSA) is 73.1 Å². The molecule has 2 aromatic heterocycles. The van der Waals surface area contributed by atoms with E-state index in [2.05, 4.69) is 31.2 Å². The number of nitrogens with one attached hydrogen (secondary N) is 1. The lowest BCUT2D eigenvalue weighted by atomic mass is 10.2. The lowest BCUT2D eigenvalue weighted by Gasteiger charge is -2.10. The van der Waals surface area contributed by atoms with Gasteiger partial charge in [0.15, 0.2) is 0 Å². The predicted octanol–water partition coefficient (Wildman–Crippen LogP) is 2.44. The van der Waals surface area contributed by atoms with Crippen molar-refractivity contribution in [3.05, 3.63) is 40.6 Å². The van der Waals surface area contributed by atoms with Crippen LogP contribution in [-0.4, -0.2) is 17.1 Å². The average molecular weight is 309 g/mol. The molecule has 0 aromatic carbocycles. The summed E-state index contributed by atoms with van der Waals surface area (Å²) in [4.78, 5) is 8.34. The van der Waals surface area contributed by atoms with E-state index < -0.39 is 0 Å². The smallest absolute Gasteiger partial charge is 0.218 e. The number of aromatic nitrogens is 2. The summed E-state index contributed by atoms with van der Waals surface area (Å²) in [7, 11) is 1.60. The lowest BCUT2D eigenvalue weighted by molar-refractivity contribution is 0.393. The van der Waals surface area contributed by atoms with Crippen molar-refractivity contribution in [2.75, 3.05) is 18.2 Å². The molecule has 18 heavy (non-hydrogen) atoms. The van der Waals surface area contributed by atoms with E-state index in [0.29, 0.717) is 18.1 Å². The lowest BCUT2D eigenvalue weighted by Crippen LogP contribution is -2.05. The van der Waals surface area contributed by atoms with Crippen LogP contribution in [0.2, 0.25) is 0 Å². The summed E-state index contributed by atoms with van der Waals surface area (Å²) in [6.45, 7) is 0.576. The van der Waals surface area contributed by atoms with Gasteiger partial charge in [-0.3, -0.25) is 0 Å². The molecule has 2 aromatic rings. The number of hydrogen-bond acceptors (Lipinski definition) is 5. The Labute approximate surface area is 114 Å². The van der Waals surface area contributed by atoms with Crippen LogP contribution in [0.3, 0.4) is 0 Å². The van der Waals surface area contributed by atoms with Crippen molar-refractivity contribution in [1.82, 2.24) is 9.97 Å². The number of pyridine rings is 2. The Morgan fingerprint density at radius 1 is 1.44 bits per heavy atom. The quantitative estimate of drug-likeness (QED) is 0.907. The Morgan fingerprint density at radius 2 is 2.28 bits per heavy atom. The monoisotopic (exact) mass is 308 g/mol. The van der Waals surface area contributed by atoms with Crippen LogP contribution in [-0.2, 0) is 6.54 Å². The molecule has 0 saturated heterocycles. The molecule has 5 nitrogen and oxygen atoms in total. The molecule has 2 heterocycles. The maximum Gasteiger partial charge on any atom is 0.218 e. The van der Waals surface area contributed by atoms with Gasteiger partial charge in [0.05, 0.1) is 23.5 Å². The van der Waals surface area contributed by atoms with E-state index in [1.54, 1.807) is 25.6 Å². The van der Waals surface area contributed by atoms with Crippen LogP contribution >= 0.6 is 15.9 Å². The Bertz CT molecular complexity index is 547. The maximum absolute atomic E-state index is 5.63. The molecule has 0 atom stereocenters. The zero-order chi connectivity index (χ0) is 13.0. The molecule has 0 saturated carbocycles. The number of rotatable bonds is 4. The van der Waals surface area contributed by atoms with Gasteiger partial charge in [-0.25, -0.2) is 9.97 Å². The molecule has 3 N–H and O–H groups in total. The highest BCUT2D eigenvalue weighted by Gasteiger charge is 2.05. The minimum absolute atomic E-state index is 0.576. The zero-order valence-corrected chi connectivity index (χ0v) is 11.4. The van der Waals surface area contributed by atoms with Crippen molar-refractivity contribution >= 4 is 27.4 Å². The molecule has 0 spiro atoms. The second-order valence-electron chi connectivity index (χ2n) is 3.62. The summed E-state index contributed by atoms with van der Waals surface area (Å²) in [5, 5.41) is 3.20. The molecule has 0 amide bonds. The Balaban J connectivity index is 2.11. The summed E-state index contributed by atoms with van der Waals surface area (Å²) >= 11 is 3.40. The minimum atomic E-state index is 0.576. The van der Waals surface area contributed by atoms with Crippen molar-refractivity contribution in [1.29, 1.82) is 0 Å². The second kappa shape index (κ2) is 5.68. The number of nitrogens with two attached hydrogens (primary N) is 1. The fraction of sp³-hybridized carbons (Fsp3) is 0.167. The molecule has 0 aliphatic carbocycles. The first-order chi connectivity index (χ1) is 8.70. The second-order valence-corrected chi connectivity index (χ2v) is 4.48.